The highest BCUT2D eigenvalue weighted by Gasteiger charge is 2.35. The fourth-order valence-corrected chi connectivity index (χ4v) is 4.05. The van der Waals surface area contributed by atoms with Gasteiger partial charge in [-0.15, -0.1) is 0 Å². The molecule has 126 valence electrons. The normalized spacial score (nSPS) is 24.0. The predicted molar refractivity (Wildman–Crippen MR) is 89.9 cm³/mol. The maximum atomic E-state index is 12.7. The van der Waals surface area contributed by atoms with Gasteiger partial charge in [-0.05, 0) is 56.2 Å². The third kappa shape index (κ3) is 3.62. The summed E-state index contributed by atoms with van der Waals surface area (Å²) in [5.74, 6) is 2.15. The Kier molecular flexibility index (Phi) is 5.09. The van der Waals surface area contributed by atoms with Crippen molar-refractivity contribution in [3.05, 3.63) is 23.8 Å². The first-order chi connectivity index (χ1) is 11.2. The first-order valence-electron chi connectivity index (χ1n) is 8.76. The van der Waals surface area contributed by atoms with Crippen LogP contribution >= 0.6 is 0 Å². The molecule has 0 radical (unpaired) electrons. The Morgan fingerprint density at radius 1 is 1.17 bits per heavy atom. The van der Waals surface area contributed by atoms with Crippen LogP contribution in [0.2, 0.25) is 0 Å². The van der Waals surface area contributed by atoms with Crippen molar-refractivity contribution in [2.45, 2.75) is 51.5 Å². The van der Waals surface area contributed by atoms with E-state index in [0.29, 0.717) is 23.5 Å². The molecule has 4 nitrogen and oxygen atoms in total. The summed E-state index contributed by atoms with van der Waals surface area (Å²) in [5.41, 5.74) is 1.11. The Balaban J connectivity index is 1.62. The molecule has 2 fully saturated rings. The van der Waals surface area contributed by atoms with Gasteiger partial charge in [-0.3, -0.25) is 4.79 Å². The number of rotatable bonds is 4. The van der Waals surface area contributed by atoms with Gasteiger partial charge >= 0.3 is 0 Å². The third-order valence-corrected chi connectivity index (χ3v) is 5.23. The summed E-state index contributed by atoms with van der Waals surface area (Å²) < 4.78 is 11.1. The summed E-state index contributed by atoms with van der Waals surface area (Å²) in [5, 5.41) is 0. The van der Waals surface area contributed by atoms with Crippen LogP contribution in [0.25, 0.3) is 0 Å². The average molecular weight is 317 g/mol. The quantitative estimate of drug-likeness (QED) is 0.852. The lowest BCUT2D eigenvalue weighted by molar-refractivity contribution is -0.139. The number of carbonyl (C=O) groups is 1. The van der Waals surface area contributed by atoms with E-state index in [9.17, 15) is 4.79 Å². The number of piperidine rings is 1. The molecule has 1 aliphatic heterocycles. The molecule has 1 amide bonds. The first-order valence-corrected chi connectivity index (χ1v) is 8.76. The standard InChI is InChI=1S/C19H27NO3/c1-14-9-10-17(18(12-14)22-2)23-13-19(21)20-11-5-7-15-6-3-4-8-16(15)20/h9-10,12,15-16H,3-8,11,13H2,1-2H3. The van der Waals surface area contributed by atoms with E-state index in [1.165, 1.54) is 25.7 Å². The van der Waals surface area contributed by atoms with Crippen molar-refractivity contribution in [1.82, 2.24) is 4.90 Å². The van der Waals surface area contributed by atoms with E-state index in [4.69, 9.17) is 9.47 Å². The highest BCUT2D eigenvalue weighted by atomic mass is 16.5. The number of hydrogen-bond donors (Lipinski definition) is 0. The number of benzene rings is 1. The van der Waals surface area contributed by atoms with E-state index in [2.05, 4.69) is 4.90 Å². The monoisotopic (exact) mass is 317 g/mol. The fourth-order valence-electron chi connectivity index (χ4n) is 4.05. The number of amides is 1. The van der Waals surface area contributed by atoms with Gasteiger partial charge in [0, 0.05) is 12.6 Å². The van der Waals surface area contributed by atoms with E-state index in [0.717, 1.165) is 24.9 Å². The van der Waals surface area contributed by atoms with Crippen LogP contribution in [0, 0.1) is 12.8 Å². The molecular weight excluding hydrogens is 290 g/mol. The van der Waals surface area contributed by atoms with Gasteiger partial charge in [-0.1, -0.05) is 18.9 Å². The number of nitrogens with zero attached hydrogens (tertiary/aromatic N) is 1. The van der Waals surface area contributed by atoms with E-state index in [-0.39, 0.29) is 12.5 Å². The van der Waals surface area contributed by atoms with Gasteiger partial charge in [0.2, 0.25) is 0 Å². The van der Waals surface area contributed by atoms with Crippen LogP contribution in [0.4, 0.5) is 0 Å². The fraction of sp³-hybridized carbons (Fsp3) is 0.632. The zero-order valence-electron chi connectivity index (χ0n) is 14.2. The Bertz CT molecular complexity index is 556. The number of fused-ring (bicyclic) bond motifs is 1. The molecule has 1 aromatic rings. The molecule has 0 N–H and O–H groups in total. The summed E-state index contributed by atoms with van der Waals surface area (Å²) in [6.07, 6.45) is 7.41. The van der Waals surface area contributed by atoms with Gasteiger partial charge < -0.3 is 14.4 Å². The lowest BCUT2D eigenvalue weighted by Crippen LogP contribution is -2.51. The van der Waals surface area contributed by atoms with Crippen molar-refractivity contribution in [3.8, 4) is 11.5 Å². The van der Waals surface area contributed by atoms with Crippen molar-refractivity contribution in [2.75, 3.05) is 20.3 Å². The van der Waals surface area contributed by atoms with Gasteiger partial charge in [0.05, 0.1) is 7.11 Å². The van der Waals surface area contributed by atoms with Crippen LogP contribution in [0.1, 0.15) is 44.1 Å². The zero-order valence-corrected chi connectivity index (χ0v) is 14.2. The third-order valence-electron chi connectivity index (χ3n) is 5.23. The largest absolute Gasteiger partial charge is 0.493 e. The molecule has 3 rings (SSSR count). The van der Waals surface area contributed by atoms with Crippen molar-refractivity contribution >= 4 is 5.91 Å². The molecule has 2 atom stereocenters. The summed E-state index contributed by atoms with van der Waals surface area (Å²) in [6.45, 7) is 2.99. The molecule has 2 unspecified atom stereocenters. The van der Waals surface area contributed by atoms with Gasteiger partial charge in [-0.2, -0.15) is 0 Å². The smallest absolute Gasteiger partial charge is 0.260 e. The average Bonchev–Trinajstić information content (AvgIpc) is 2.59. The van der Waals surface area contributed by atoms with Crippen LogP contribution in [0.15, 0.2) is 18.2 Å². The first kappa shape index (κ1) is 16.2. The molecule has 1 heterocycles. The SMILES string of the molecule is COc1cc(C)ccc1OCC(=O)N1CCCC2CCCCC21. The molecule has 2 aliphatic rings. The topological polar surface area (TPSA) is 38.8 Å². The maximum Gasteiger partial charge on any atom is 0.260 e. The van der Waals surface area contributed by atoms with Gasteiger partial charge in [0.15, 0.2) is 18.1 Å². The molecule has 0 bridgehead atoms. The minimum Gasteiger partial charge on any atom is -0.493 e. The highest BCUT2D eigenvalue weighted by molar-refractivity contribution is 5.78. The molecule has 1 saturated carbocycles. The summed E-state index contributed by atoms with van der Waals surface area (Å²) in [7, 11) is 1.63. The lowest BCUT2D eigenvalue weighted by atomic mass is 9.78. The Morgan fingerprint density at radius 3 is 2.78 bits per heavy atom. The highest BCUT2D eigenvalue weighted by Crippen LogP contribution is 2.35. The van der Waals surface area contributed by atoms with Gasteiger partial charge in [-0.25, -0.2) is 0 Å². The van der Waals surface area contributed by atoms with E-state index in [1.54, 1.807) is 7.11 Å². The van der Waals surface area contributed by atoms with Gasteiger partial charge in [0.1, 0.15) is 0 Å². The molecule has 1 saturated heterocycles. The van der Waals surface area contributed by atoms with E-state index < -0.39 is 0 Å². The molecule has 0 spiro atoms. The van der Waals surface area contributed by atoms with Crippen LogP contribution in [-0.2, 0) is 4.79 Å². The molecule has 1 aromatic carbocycles. The molecule has 0 aromatic heterocycles. The Labute approximate surface area is 138 Å². The molecule has 4 heteroatoms. The lowest BCUT2D eigenvalue weighted by Gasteiger charge is -2.44. The molecule has 23 heavy (non-hydrogen) atoms. The zero-order chi connectivity index (χ0) is 16.2. The molecular formula is C19H27NO3. The Hall–Kier alpha value is -1.71. The summed E-state index contributed by atoms with van der Waals surface area (Å²) >= 11 is 0. The van der Waals surface area contributed by atoms with Gasteiger partial charge in [0.25, 0.3) is 5.91 Å². The maximum absolute atomic E-state index is 12.7. The second-order valence-electron chi connectivity index (χ2n) is 6.78. The van der Waals surface area contributed by atoms with Crippen LogP contribution < -0.4 is 9.47 Å². The summed E-state index contributed by atoms with van der Waals surface area (Å²) in [4.78, 5) is 14.7. The number of ether oxygens (including phenoxy) is 2. The van der Waals surface area contributed by atoms with E-state index >= 15 is 0 Å². The van der Waals surface area contributed by atoms with Crippen LogP contribution in [0.5, 0.6) is 11.5 Å². The minimum absolute atomic E-state index is 0.0998. The Morgan fingerprint density at radius 2 is 1.96 bits per heavy atom. The number of likely N-dealkylation sites (tertiary alicyclic amines) is 1. The predicted octanol–water partition coefficient (Wildman–Crippen LogP) is 3.56. The van der Waals surface area contributed by atoms with Crippen molar-refractivity contribution in [2.24, 2.45) is 5.92 Å². The number of aryl methyl sites for hydroxylation is 1. The number of methoxy groups -OCH3 is 1. The number of hydrogen-bond acceptors (Lipinski definition) is 3. The van der Waals surface area contributed by atoms with Crippen molar-refractivity contribution in [1.29, 1.82) is 0 Å². The number of carbonyl (C=O) groups excluding carboxylic acids is 1. The minimum atomic E-state index is 0.0998. The summed E-state index contributed by atoms with van der Waals surface area (Å²) in [6, 6.07) is 6.22. The second-order valence-corrected chi connectivity index (χ2v) is 6.78. The van der Waals surface area contributed by atoms with Crippen molar-refractivity contribution < 1.29 is 14.3 Å². The van der Waals surface area contributed by atoms with E-state index in [1.807, 2.05) is 25.1 Å². The van der Waals surface area contributed by atoms with Crippen LogP contribution in [-0.4, -0.2) is 37.1 Å². The van der Waals surface area contributed by atoms with Crippen molar-refractivity contribution in [3.63, 3.8) is 0 Å². The van der Waals surface area contributed by atoms with Crippen LogP contribution in [0.3, 0.4) is 0 Å². The molecule has 1 aliphatic carbocycles. The second kappa shape index (κ2) is 7.24.